The SMILES string of the molecule is CC(C)CCCCNCC(=O)OC(C)C. The third-order valence-electron chi connectivity index (χ3n) is 2.02. The van der Waals surface area contributed by atoms with E-state index < -0.39 is 0 Å². The van der Waals surface area contributed by atoms with Gasteiger partial charge in [0.25, 0.3) is 0 Å². The predicted octanol–water partition coefficient (Wildman–Crippen LogP) is 2.35. The number of ether oxygens (including phenoxy) is 1. The van der Waals surface area contributed by atoms with E-state index in [4.69, 9.17) is 4.74 Å². The van der Waals surface area contributed by atoms with Crippen molar-refractivity contribution in [1.29, 1.82) is 0 Å². The molecule has 1 N–H and O–H groups in total. The summed E-state index contributed by atoms with van der Waals surface area (Å²) in [7, 11) is 0. The normalized spacial score (nSPS) is 11.1. The largest absolute Gasteiger partial charge is 0.462 e. The molecule has 0 fully saturated rings. The van der Waals surface area contributed by atoms with Crippen LogP contribution in [0.3, 0.4) is 0 Å². The standard InChI is InChI=1S/C12H25NO2/c1-10(2)7-5-6-8-13-9-12(14)15-11(3)4/h10-11,13H,5-9H2,1-4H3. The molecule has 0 unspecified atom stereocenters. The molecule has 0 aromatic carbocycles. The van der Waals surface area contributed by atoms with Crippen molar-refractivity contribution >= 4 is 5.97 Å². The third-order valence-corrected chi connectivity index (χ3v) is 2.02. The number of hydrogen-bond donors (Lipinski definition) is 1. The van der Waals surface area contributed by atoms with Crippen LogP contribution in [0.1, 0.15) is 47.0 Å². The van der Waals surface area contributed by atoms with Crippen molar-refractivity contribution < 1.29 is 9.53 Å². The summed E-state index contributed by atoms with van der Waals surface area (Å²) in [5, 5.41) is 3.09. The molecule has 0 saturated carbocycles. The van der Waals surface area contributed by atoms with Gasteiger partial charge in [-0.05, 0) is 32.7 Å². The summed E-state index contributed by atoms with van der Waals surface area (Å²) in [5.74, 6) is 0.616. The zero-order chi connectivity index (χ0) is 11.7. The Labute approximate surface area is 93.6 Å². The first-order chi connectivity index (χ1) is 7.02. The minimum Gasteiger partial charge on any atom is -0.462 e. The Balaban J connectivity index is 3.20. The van der Waals surface area contributed by atoms with Crippen molar-refractivity contribution in [2.75, 3.05) is 13.1 Å². The van der Waals surface area contributed by atoms with Gasteiger partial charge in [-0.1, -0.05) is 26.7 Å². The molecule has 0 spiro atoms. The molecule has 0 heterocycles. The van der Waals surface area contributed by atoms with E-state index in [-0.39, 0.29) is 12.1 Å². The number of esters is 1. The molecule has 0 saturated heterocycles. The van der Waals surface area contributed by atoms with Gasteiger partial charge in [0.2, 0.25) is 0 Å². The maximum atomic E-state index is 11.1. The lowest BCUT2D eigenvalue weighted by Gasteiger charge is -2.09. The minimum atomic E-state index is -0.158. The summed E-state index contributed by atoms with van der Waals surface area (Å²) in [5.41, 5.74) is 0. The van der Waals surface area contributed by atoms with Crippen LogP contribution in [0.4, 0.5) is 0 Å². The first-order valence-electron chi connectivity index (χ1n) is 5.92. The highest BCUT2D eigenvalue weighted by Crippen LogP contribution is 2.04. The van der Waals surface area contributed by atoms with E-state index >= 15 is 0 Å². The smallest absolute Gasteiger partial charge is 0.320 e. The van der Waals surface area contributed by atoms with Gasteiger partial charge in [0.15, 0.2) is 0 Å². The molecule has 3 nitrogen and oxygen atoms in total. The third kappa shape index (κ3) is 11.4. The molecule has 0 aromatic rings. The van der Waals surface area contributed by atoms with Gasteiger partial charge in [0.05, 0.1) is 12.6 Å². The first-order valence-corrected chi connectivity index (χ1v) is 5.92. The molecule has 0 aromatic heterocycles. The number of rotatable bonds is 8. The monoisotopic (exact) mass is 215 g/mol. The van der Waals surface area contributed by atoms with Crippen LogP contribution in [-0.2, 0) is 9.53 Å². The first kappa shape index (κ1) is 14.4. The van der Waals surface area contributed by atoms with Gasteiger partial charge in [0.1, 0.15) is 0 Å². The average molecular weight is 215 g/mol. The topological polar surface area (TPSA) is 38.3 Å². The molecule has 3 heteroatoms. The van der Waals surface area contributed by atoms with E-state index in [9.17, 15) is 4.79 Å². The maximum absolute atomic E-state index is 11.1. The molecule has 90 valence electrons. The summed E-state index contributed by atoms with van der Waals surface area (Å²) in [6.07, 6.45) is 3.61. The molecular weight excluding hydrogens is 190 g/mol. The second-order valence-corrected chi connectivity index (χ2v) is 4.61. The molecule has 0 bridgehead atoms. The Hall–Kier alpha value is -0.570. The van der Waals surface area contributed by atoms with Gasteiger partial charge in [-0.3, -0.25) is 4.79 Å². The van der Waals surface area contributed by atoms with Gasteiger partial charge >= 0.3 is 5.97 Å². The van der Waals surface area contributed by atoms with E-state index in [0.717, 1.165) is 18.9 Å². The van der Waals surface area contributed by atoms with Crippen molar-refractivity contribution in [3.05, 3.63) is 0 Å². The summed E-state index contributed by atoms with van der Waals surface area (Å²) >= 11 is 0. The molecule has 0 rings (SSSR count). The predicted molar refractivity (Wildman–Crippen MR) is 62.8 cm³/mol. The van der Waals surface area contributed by atoms with Crippen LogP contribution in [0.5, 0.6) is 0 Å². The quantitative estimate of drug-likeness (QED) is 0.499. The van der Waals surface area contributed by atoms with Crippen molar-refractivity contribution in [1.82, 2.24) is 5.32 Å². The van der Waals surface area contributed by atoms with Crippen LogP contribution >= 0.6 is 0 Å². The van der Waals surface area contributed by atoms with E-state index in [1.54, 1.807) is 0 Å². The Morgan fingerprint density at radius 1 is 1.20 bits per heavy atom. The second kappa shape index (κ2) is 8.72. The van der Waals surface area contributed by atoms with Gasteiger partial charge in [-0.2, -0.15) is 0 Å². The van der Waals surface area contributed by atoms with Crippen LogP contribution in [0.25, 0.3) is 0 Å². The highest BCUT2D eigenvalue weighted by atomic mass is 16.5. The lowest BCUT2D eigenvalue weighted by molar-refractivity contribution is -0.146. The molecule has 0 radical (unpaired) electrons. The Morgan fingerprint density at radius 3 is 2.40 bits per heavy atom. The summed E-state index contributed by atoms with van der Waals surface area (Å²) in [6.45, 7) is 9.42. The number of carbonyl (C=O) groups is 1. The van der Waals surface area contributed by atoms with Crippen LogP contribution < -0.4 is 5.32 Å². The second-order valence-electron chi connectivity index (χ2n) is 4.61. The summed E-state index contributed by atoms with van der Waals surface area (Å²) in [6, 6.07) is 0. The maximum Gasteiger partial charge on any atom is 0.320 e. The van der Waals surface area contributed by atoms with Crippen molar-refractivity contribution in [3.8, 4) is 0 Å². The van der Waals surface area contributed by atoms with Crippen molar-refractivity contribution in [3.63, 3.8) is 0 Å². The van der Waals surface area contributed by atoms with Gasteiger partial charge < -0.3 is 10.1 Å². The van der Waals surface area contributed by atoms with Crippen LogP contribution in [0.2, 0.25) is 0 Å². The molecule has 0 aliphatic heterocycles. The van der Waals surface area contributed by atoms with E-state index in [1.807, 2.05) is 13.8 Å². The van der Waals surface area contributed by atoms with E-state index in [2.05, 4.69) is 19.2 Å². The van der Waals surface area contributed by atoms with Crippen LogP contribution in [0, 0.1) is 5.92 Å². The number of hydrogen-bond acceptors (Lipinski definition) is 3. The minimum absolute atomic E-state index is 0.0137. The molecule has 0 aliphatic carbocycles. The highest BCUT2D eigenvalue weighted by molar-refractivity contribution is 5.71. The number of carbonyl (C=O) groups excluding carboxylic acids is 1. The fourth-order valence-electron chi connectivity index (χ4n) is 1.30. The number of unbranched alkanes of at least 4 members (excludes halogenated alkanes) is 1. The average Bonchev–Trinajstić information content (AvgIpc) is 2.09. The Morgan fingerprint density at radius 2 is 1.87 bits per heavy atom. The van der Waals surface area contributed by atoms with Gasteiger partial charge in [-0.15, -0.1) is 0 Å². The fraction of sp³-hybridized carbons (Fsp3) is 0.917. The molecular formula is C12H25NO2. The molecule has 0 aliphatic rings. The van der Waals surface area contributed by atoms with E-state index in [1.165, 1.54) is 12.8 Å². The Bertz CT molecular complexity index is 167. The van der Waals surface area contributed by atoms with Gasteiger partial charge in [0, 0.05) is 0 Å². The van der Waals surface area contributed by atoms with Crippen LogP contribution in [-0.4, -0.2) is 25.2 Å². The van der Waals surface area contributed by atoms with Crippen molar-refractivity contribution in [2.24, 2.45) is 5.92 Å². The highest BCUT2D eigenvalue weighted by Gasteiger charge is 2.03. The lowest BCUT2D eigenvalue weighted by atomic mass is 10.1. The molecule has 15 heavy (non-hydrogen) atoms. The zero-order valence-electron chi connectivity index (χ0n) is 10.5. The van der Waals surface area contributed by atoms with Crippen LogP contribution in [0.15, 0.2) is 0 Å². The summed E-state index contributed by atoms with van der Waals surface area (Å²) in [4.78, 5) is 11.1. The molecule has 0 atom stereocenters. The Kier molecular flexibility index (Phi) is 8.38. The summed E-state index contributed by atoms with van der Waals surface area (Å²) < 4.78 is 4.99. The zero-order valence-corrected chi connectivity index (χ0v) is 10.5. The van der Waals surface area contributed by atoms with E-state index in [0.29, 0.717) is 6.54 Å². The molecule has 0 amide bonds. The fourth-order valence-corrected chi connectivity index (χ4v) is 1.30. The number of nitrogens with one attached hydrogen (secondary N) is 1. The van der Waals surface area contributed by atoms with Crippen molar-refractivity contribution in [2.45, 2.75) is 53.1 Å². The lowest BCUT2D eigenvalue weighted by Crippen LogP contribution is -2.27. The van der Waals surface area contributed by atoms with Gasteiger partial charge in [-0.25, -0.2) is 0 Å².